The van der Waals surface area contributed by atoms with Gasteiger partial charge in [0.1, 0.15) is 0 Å². The highest BCUT2D eigenvalue weighted by molar-refractivity contribution is 5.66. The highest BCUT2D eigenvalue weighted by Crippen LogP contribution is 2.45. The van der Waals surface area contributed by atoms with E-state index in [1.165, 1.54) is 0 Å². The second-order valence-corrected chi connectivity index (χ2v) is 5.55. The molecule has 88 valence electrons. The average Bonchev–Trinajstić information content (AvgIpc) is 2.47. The maximum Gasteiger partial charge on any atom is 0.405 e. The van der Waals surface area contributed by atoms with Crippen LogP contribution in [0, 0.1) is 11.3 Å². The molecule has 15 heavy (non-hydrogen) atoms. The van der Waals surface area contributed by atoms with Crippen LogP contribution in [-0.2, 0) is 0 Å². The number of carboxylic acid groups (broad SMARTS) is 1. The molecule has 1 rings (SSSR count). The Labute approximate surface area is 90.7 Å². The van der Waals surface area contributed by atoms with E-state index in [1.807, 2.05) is 20.8 Å². The third-order valence-corrected chi connectivity index (χ3v) is 3.66. The first-order chi connectivity index (χ1) is 6.81. The Morgan fingerprint density at radius 1 is 1.53 bits per heavy atom. The minimum Gasteiger partial charge on any atom is -0.465 e. The van der Waals surface area contributed by atoms with Gasteiger partial charge in [0.2, 0.25) is 0 Å². The molecule has 1 amide bonds. The van der Waals surface area contributed by atoms with Gasteiger partial charge in [0, 0.05) is 12.1 Å². The van der Waals surface area contributed by atoms with E-state index in [0.29, 0.717) is 0 Å². The van der Waals surface area contributed by atoms with Crippen molar-refractivity contribution in [2.45, 2.75) is 45.6 Å². The van der Waals surface area contributed by atoms with E-state index in [9.17, 15) is 4.79 Å². The summed E-state index contributed by atoms with van der Waals surface area (Å²) in [5.41, 5.74) is -0.498. The van der Waals surface area contributed by atoms with Crippen LogP contribution in [0.4, 0.5) is 4.79 Å². The van der Waals surface area contributed by atoms with Crippen LogP contribution < -0.4 is 5.32 Å². The van der Waals surface area contributed by atoms with Crippen molar-refractivity contribution in [2.75, 3.05) is 6.61 Å². The molecule has 0 aromatic rings. The fourth-order valence-corrected chi connectivity index (χ4v) is 2.49. The van der Waals surface area contributed by atoms with Gasteiger partial charge < -0.3 is 15.5 Å². The van der Waals surface area contributed by atoms with Crippen LogP contribution in [0.15, 0.2) is 0 Å². The van der Waals surface area contributed by atoms with Crippen LogP contribution >= 0.6 is 0 Å². The third kappa shape index (κ3) is 2.43. The molecule has 1 unspecified atom stereocenters. The van der Waals surface area contributed by atoms with E-state index < -0.39 is 6.09 Å². The summed E-state index contributed by atoms with van der Waals surface area (Å²) in [7, 11) is 0. The lowest BCUT2D eigenvalue weighted by Gasteiger charge is -2.42. The van der Waals surface area contributed by atoms with Gasteiger partial charge in [0.15, 0.2) is 0 Å². The molecule has 0 heterocycles. The molecule has 0 aromatic heterocycles. The second-order valence-electron chi connectivity index (χ2n) is 5.55. The fraction of sp³-hybridized carbons (Fsp3) is 0.909. The zero-order valence-corrected chi connectivity index (χ0v) is 9.71. The molecule has 1 saturated carbocycles. The smallest absolute Gasteiger partial charge is 0.405 e. The van der Waals surface area contributed by atoms with Crippen molar-refractivity contribution in [2.24, 2.45) is 11.3 Å². The molecular formula is C11H21NO3. The molecule has 0 saturated heterocycles. The molecule has 2 atom stereocenters. The van der Waals surface area contributed by atoms with E-state index in [0.717, 1.165) is 19.3 Å². The first-order valence-corrected chi connectivity index (χ1v) is 5.43. The van der Waals surface area contributed by atoms with Gasteiger partial charge in [-0.1, -0.05) is 20.8 Å². The highest BCUT2D eigenvalue weighted by atomic mass is 16.4. The summed E-state index contributed by atoms with van der Waals surface area (Å²) in [6.45, 7) is 6.28. The second kappa shape index (κ2) is 4.00. The van der Waals surface area contributed by atoms with Crippen molar-refractivity contribution < 1.29 is 15.0 Å². The lowest BCUT2D eigenvalue weighted by Crippen LogP contribution is -2.55. The van der Waals surface area contributed by atoms with Crippen LogP contribution in [0.2, 0.25) is 0 Å². The van der Waals surface area contributed by atoms with Crippen LogP contribution in [-0.4, -0.2) is 28.5 Å². The van der Waals surface area contributed by atoms with Gasteiger partial charge in [-0.15, -0.1) is 0 Å². The summed E-state index contributed by atoms with van der Waals surface area (Å²) in [6, 6.07) is 0. The molecule has 0 spiro atoms. The maximum atomic E-state index is 10.8. The van der Waals surface area contributed by atoms with Gasteiger partial charge >= 0.3 is 6.09 Å². The first-order valence-electron chi connectivity index (χ1n) is 5.43. The van der Waals surface area contributed by atoms with Gasteiger partial charge in [0.25, 0.3) is 0 Å². The Hall–Kier alpha value is -0.770. The number of aliphatic hydroxyl groups is 1. The average molecular weight is 215 g/mol. The van der Waals surface area contributed by atoms with Crippen molar-refractivity contribution in [1.82, 2.24) is 5.32 Å². The van der Waals surface area contributed by atoms with Crippen molar-refractivity contribution in [1.29, 1.82) is 0 Å². The first kappa shape index (κ1) is 12.3. The molecule has 1 aliphatic carbocycles. The van der Waals surface area contributed by atoms with Crippen molar-refractivity contribution >= 4 is 6.09 Å². The zero-order chi connectivity index (χ0) is 11.7. The molecule has 1 aliphatic rings. The molecule has 0 aromatic carbocycles. The number of carbonyl (C=O) groups is 1. The Kier molecular flexibility index (Phi) is 3.28. The number of amides is 1. The predicted molar refractivity (Wildman–Crippen MR) is 57.8 cm³/mol. The van der Waals surface area contributed by atoms with E-state index in [4.69, 9.17) is 10.2 Å². The Morgan fingerprint density at radius 3 is 2.47 bits per heavy atom. The van der Waals surface area contributed by atoms with Crippen LogP contribution in [0.25, 0.3) is 0 Å². The molecule has 0 bridgehead atoms. The molecule has 3 N–H and O–H groups in total. The quantitative estimate of drug-likeness (QED) is 0.658. The number of rotatable bonds is 2. The van der Waals surface area contributed by atoms with Gasteiger partial charge in [-0.05, 0) is 30.6 Å². The van der Waals surface area contributed by atoms with Crippen molar-refractivity contribution in [3.05, 3.63) is 0 Å². The minimum atomic E-state index is -0.969. The highest BCUT2D eigenvalue weighted by Gasteiger charge is 2.48. The van der Waals surface area contributed by atoms with Crippen LogP contribution in [0.5, 0.6) is 0 Å². The summed E-state index contributed by atoms with van der Waals surface area (Å²) in [6.07, 6.45) is 1.48. The van der Waals surface area contributed by atoms with Crippen molar-refractivity contribution in [3.63, 3.8) is 0 Å². The SMILES string of the molecule is CC(C)(C)C1(NC(=O)O)CC[C@H](CO)C1. The third-order valence-electron chi connectivity index (χ3n) is 3.66. The minimum absolute atomic E-state index is 0.116. The Bertz CT molecular complexity index is 247. The zero-order valence-electron chi connectivity index (χ0n) is 9.71. The number of nitrogens with one attached hydrogen (secondary N) is 1. The van der Waals surface area contributed by atoms with Crippen LogP contribution in [0.3, 0.4) is 0 Å². The van der Waals surface area contributed by atoms with E-state index in [-0.39, 0.29) is 23.5 Å². The molecule has 4 heteroatoms. The van der Waals surface area contributed by atoms with Crippen molar-refractivity contribution in [3.8, 4) is 0 Å². The predicted octanol–water partition coefficient (Wildman–Crippen LogP) is 1.83. The fourth-order valence-electron chi connectivity index (χ4n) is 2.49. The molecule has 0 radical (unpaired) electrons. The largest absolute Gasteiger partial charge is 0.465 e. The molecular weight excluding hydrogens is 194 g/mol. The monoisotopic (exact) mass is 215 g/mol. The van der Waals surface area contributed by atoms with Crippen LogP contribution in [0.1, 0.15) is 40.0 Å². The van der Waals surface area contributed by atoms with Gasteiger partial charge in [-0.2, -0.15) is 0 Å². The lowest BCUT2D eigenvalue weighted by atomic mass is 9.72. The Morgan fingerprint density at radius 2 is 2.13 bits per heavy atom. The summed E-state index contributed by atoms with van der Waals surface area (Å²) >= 11 is 0. The molecule has 0 aliphatic heterocycles. The van der Waals surface area contributed by atoms with Gasteiger partial charge in [-0.3, -0.25) is 0 Å². The summed E-state index contributed by atoms with van der Waals surface area (Å²) < 4.78 is 0. The lowest BCUT2D eigenvalue weighted by molar-refractivity contribution is 0.114. The van der Waals surface area contributed by atoms with E-state index in [2.05, 4.69) is 5.32 Å². The van der Waals surface area contributed by atoms with Gasteiger partial charge in [0.05, 0.1) is 0 Å². The topological polar surface area (TPSA) is 69.6 Å². The summed E-state index contributed by atoms with van der Waals surface area (Å²) in [5.74, 6) is 0.232. The number of hydrogen-bond acceptors (Lipinski definition) is 2. The van der Waals surface area contributed by atoms with Gasteiger partial charge in [-0.25, -0.2) is 4.79 Å². The Balaban J connectivity index is 2.85. The normalized spacial score (nSPS) is 31.6. The maximum absolute atomic E-state index is 10.8. The van der Waals surface area contributed by atoms with E-state index >= 15 is 0 Å². The standard InChI is InChI=1S/C11H21NO3/c1-10(2,3)11(12-9(14)15)5-4-8(6-11)7-13/h8,12-13H,4-7H2,1-3H3,(H,14,15)/t8-,11?/m0/s1. The number of aliphatic hydroxyl groups excluding tert-OH is 1. The summed E-state index contributed by atoms with van der Waals surface area (Å²) in [4.78, 5) is 10.8. The molecule has 4 nitrogen and oxygen atoms in total. The van der Waals surface area contributed by atoms with E-state index in [1.54, 1.807) is 0 Å². The molecule has 1 fully saturated rings. The number of hydrogen-bond donors (Lipinski definition) is 3. The summed E-state index contributed by atoms with van der Waals surface area (Å²) in [5, 5.41) is 20.7.